The van der Waals surface area contributed by atoms with E-state index < -0.39 is 0 Å². The third-order valence-corrected chi connectivity index (χ3v) is 3.51. The van der Waals surface area contributed by atoms with Crippen LogP contribution in [0.5, 0.6) is 0 Å². The number of nitro groups is 1. The maximum atomic E-state index is 11.0. The molecule has 0 aliphatic carbocycles. The monoisotopic (exact) mass is 440 g/mol. The molecule has 0 aliphatic heterocycles. The fourth-order valence-corrected chi connectivity index (χ4v) is 2.24. The molecule has 0 amide bonds. The van der Waals surface area contributed by atoms with Gasteiger partial charge in [0.2, 0.25) is 0 Å². The largest absolute Gasteiger partial charge is 0.352 e. The summed E-state index contributed by atoms with van der Waals surface area (Å²) in [5.74, 6) is 0.597. The molecule has 2 aromatic rings. The van der Waals surface area contributed by atoms with Crippen molar-refractivity contribution in [2.45, 2.75) is 19.5 Å². The Morgan fingerprint density at radius 1 is 1.17 bits per heavy atom. The molecule has 0 spiro atoms. The first-order valence-corrected chi connectivity index (χ1v) is 7.36. The number of hydrogen-bond acceptors (Lipinski definition) is 3. The molecular formula is C17H21IN4O2. The fourth-order valence-electron chi connectivity index (χ4n) is 2.24. The molecule has 128 valence electrons. The molecule has 7 heteroatoms. The van der Waals surface area contributed by atoms with Gasteiger partial charge in [-0.3, -0.25) is 15.1 Å². The summed E-state index contributed by atoms with van der Waals surface area (Å²) in [5.41, 5.74) is 1.86. The van der Waals surface area contributed by atoms with Gasteiger partial charge in [-0.25, -0.2) is 0 Å². The number of para-hydroxylation sites is 1. The van der Waals surface area contributed by atoms with Gasteiger partial charge in [0.05, 0.1) is 11.0 Å². The van der Waals surface area contributed by atoms with Gasteiger partial charge in [0.1, 0.15) is 0 Å². The van der Waals surface area contributed by atoms with Crippen LogP contribution in [-0.2, 0) is 6.54 Å². The van der Waals surface area contributed by atoms with Gasteiger partial charge in [0.25, 0.3) is 5.69 Å². The van der Waals surface area contributed by atoms with Crippen molar-refractivity contribution in [3.05, 3.63) is 75.8 Å². The van der Waals surface area contributed by atoms with Gasteiger partial charge in [-0.1, -0.05) is 48.5 Å². The van der Waals surface area contributed by atoms with Crippen molar-refractivity contribution in [2.24, 2.45) is 4.99 Å². The molecular weight excluding hydrogens is 419 g/mol. The van der Waals surface area contributed by atoms with Crippen LogP contribution in [-0.4, -0.2) is 17.9 Å². The predicted molar refractivity (Wildman–Crippen MR) is 107 cm³/mol. The number of aliphatic imine (C=N–C) groups is 1. The molecule has 24 heavy (non-hydrogen) atoms. The number of hydrogen-bond donors (Lipinski definition) is 2. The molecule has 0 radical (unpaired) electrons. The van der Waals surface area contributed by atoms with E-state index in [-0.39, 0.29) is 40.6 Å². The molecule has 0 aliphatic rings. The SMILES string of the molecule is CN=C(NCc1ccccc1[N+](=O)[O-])NC(C)c1ccccc1.I. The van der Waals surface area contributed by atoms with Gasteiger partial charge >= 0.3 is 0 Å². The van der Waals surface area contributed by atoms with Gasteiger partial charge in [-0.05, 0) is 12.5 Å². The Morgan fingerprint density at radius 3 is 2.42 bits per heavy atom. The van der Waals surface area contributed by atoms with Crippen molar-refractivity contribution < 1.29 is 4.92 Å². The lowest BCUT2D eigenvalue weighted by atomic mass is 10.1. The van der Waals surface area contributed by atoms with E-state index in [1.807, 2.05) is 37.3 Å². The second-order valence-electron chi connectivity index (χ2n) is 5.09. The second-order valence-corrected chi connectivity index (χ2v) is 5.09. The maximum absolute atomic E-state index is 11.0. The lowest BCUT2D eigenvalue weighted by Crippen LogP contribution is -2.38. The predicted octanol–water partition coefficient (Wildman–Crippen LogP) is 3.64. The average Bonchev–Trinajstić information content (AvgIpc) is 2.59. The highest BCUT2D eigenvalue weighted by molar-refractivity contribution is 14.0. The van der Waals surface area contributed by atoms with Gasteiger partial charge < -0.3 is 10.6 Å². The van der Waals surface area contributed by atoms with Crippen molar-refractivity contribution in [2.75, 3.05) is 7.05 Å². The molecule has 0 fully saturated rings. The van der Waals surface area contributed by atoms with E-state index in [0.29, 0.717) is 18.1 Å². The van der Waals surface area contributed by atoms with Crippen LogP contribution in [0.2, 0.25) is 0 Å². The zero-order chi connectivity index (χ0) is 16.7. The van der Waals surface area contributed by atoms with Crippen molar-refractivity contribution in [3.8, 4) is 0 Å². The minimum atomic E-state index is -0.375. The summed E-state index contributed by atoms with van der Waals surface area (Å²) in [6.07, 6.45) is 0. The molecule has 1 atom stereocenters. The molecule has 0 bridgehead atoms. The van der Waals surface area contributed by atoms with Crippen LogP contribution < -0.4 is 10.6 Å². The highest BCUT2D eigenvalue weighted by Gasteiger charge is 2.13. The van der Waals surface area contributed by atoms with Crippen molar-refractivity contribution in [3.63, 3.8) is 0 Å². The molecule has 2 aromatic carbocycles. The number of nitrogens with zero attached hydrogens (tertiary/aromatic N) is 2. The number of nitro benzene ring substituents is 1. The van der Waals surface area contributed by atoms with Crippen molar-refractivity contribution in [1.82, 2.24) is 10.6 Å². The number of guanidine groups is 1. The molecule has 2 N–H and O–H groups in total. The Morgan fingerprint density at radius 2 is 1.79 bits per heavy atom. The van der Waals surface area contributed by atoms with Crippen LogP contribution in [0.15, 0.2) is 59.6 Å². The first-order valence-electron chi connectivity index (χ1n) is 7.36. The van der Waals surface area contributed by atoms with E-state index in [2.05, 4.69) is 15.6 Å². The third kappa shape index (κ3) is 5.48. The number of halogens is 1. The molecule has 2 rings (SSSR count). The highest BCUT2D eigenvalue weighted by Crippen LogP contribution is 2.17. The number of nitrogens with one attached hydrogen (secondary N) is 2. The van der Waals surface area contributed by atoms with Crippen LogP contribution >= 0.6 is 24.0 Å². The van der Waals surface area contributed by atoms with Gasteiger partial charge in [-0.15, -0.1) is 24.0 Å². The van der Waals surface area contributed by atoms with E-state index in [4.69, 9.17) is 0 Å². The normalized spacial score (nSPS) is 12.0. The van der Waals surface area contributed by atoms with Crippen molar-refractivity contribution >= 4 is 35.6 Å². The number of rotatable bonds is 5. The summed E-state index contributed by atoms with van der Waals surface area (Å²) in [7, 11) is 1.67. The van der Waals surface area contributed by atoms with Crippen LogP contribution in [0.3, 0.4) is 0 Å². The van der Waals surface area contributed by atoms with E-state index in [0.717, 1.165) is 5.56 Å². The minimum Gasteiger partial charge on any atom is -0.352 e. The van der Waals surface area contributed by atoms with Gasteiger partial charge in [0, 0.05) is 25.2 Å². The van der Waals surface area contributed by atoms with E-state index in [9.17, 15) is 10.1 Å². The quantitative estimate of drug-likeness (QED) is 0.245. The summed E-state index contributed by atoms with van der Waals surface area (Å²) < 4.78 is 0. The summed E-state index contributed by atoms with van der Waals surface area (Å²) in [5, 5.41) is 17.4. The molecule has 0 saturated heterocycles. The van der Waals surface area contributed by atoms with Crippen molar-refractivity contribution in [1.29, 1.82) is 0 Å². The van der Waals surface area contributed by atoms with Gasteiger partial charge in [0.15, 0.2) is 5.96 Å². The molecule has 0 saturated carbocycles. The van der Waals surface area contributed by atoms with Crippen LogP contribution in [0.1, 0.15) is 24.1 Å². The minimum absolute atomic E-state index is 0. The topological polar surface area (TPSA) is 79.6 Å². The second kappa shape index (κ2) is 9.86. The zero-order valence-corrected chi connectivity index (χ0v) is 15.9. The average molecular weight is 440 g/mol. The number of benzene rings is 2. The lowest BCUT2D eigenvalue weighted by molar-refractivity contribution is -0.385. The summed E-state index contributed by atoms with van der Waals surface area (Å²) >= 11 is 0. The Bertz CT molecular complexity index is 692. The molecule has 1 unspecified atom stereocenters. The third-order valence-electron chi connectivity index (χ3n) is 3.51. The van der Waals surface area contributed by atoms with Gasteiger partial charge in [-0.2, -0.15) is 0 Å². The van der Waals surface area contributed by atoms with E-state index in [1.54, 1.807) is 25.2 Å². The lowest BCUT2D eigenvalue weighted by Gasteiger charge is -2.18. The molecule has 0 heterocycles. The smallest absolute Gasteiger partial charge is 0.274 e. The first kappa shape index (κ1) is 19.9. The Balaban J connectivity index is 0.00000288. The van der Waals surface area contributed by atoms with Crippen LogP contribution in [0.25, 0.3) is 0 Å². The summed E-state index contributed by atoms with van der Waals surface area (Å²) in [6, 6.07) is 16.8. The summed E-state index contributed by atoms with van der Waals surface area (Å²) in [6.45, 7) is 2.37. The standard InChI is InChI=1S/C17H20N4O2.HI/c1-13(14-8-4-3-5-9-14)20-17(18-2)19-12-15-10-6-7-11-16(15)21(22)23;/h3-11,13H,12H2,1-2H3,(H2,18,19,20);1H. The zero-order valence-electron chi connectivity index (χ0n) is 13.6. The highest BCUT2D eigenvalue weighted by atomic mass is 127. The first-order chi connectivity index (χ1) is 11.1. The van der Waals surface area contributed by atoms with E-state index in [1.165, 1.54) is 6.07 Å². The van der Waals surface area contributed by atoms with Crippen LogP contribution in [0, 0.1) is 10.1 Å². The maximum Gasteiger partial charge on any atom is 0.274 e. The Kier molecular flexibility index (Phi) is 8.17. The van der Waals surface area contributed by atoms with Crippen LogP contribution in [0.4, 0.5) is 5.69 Å². The van der Waals surface area contributed by atoms with E-state index >= 15 is 0 Å². The fraction of sp³-hybridized carbons (Fsp3) is 0.235. The molecule has 6 nitrogen and oxygen atoms in total. The Labute approximate surface area is 158 Å². The molecule has 0 aromatic heterocycles. The Hall–Kier alpha value is -2.16. The summed E-state index contributed by atoms with van der Waals surface area (Å²) in [4.78, 5) is 14.8.